The maximum absolute atomic E-state index is 12.3. The summed E-state index contributed by atoms with van der Waals surface area (Å²) in [6.45, 7) is 0.279. The molecule has 0 saturated heterocycles. The number of carbonyl (C=O) groups excluding carboxylic acids is 1. The third kappa shape index (κ3) is 5.34. The second-order valence-corrected chi connectivity index (χ2v) is 6.96. The molecule has 0 radical (unpaired) electrons. The van der Waals surface area contributed by atoms with Gasteiger partial charge in [-0.15, -0.1) is 11.8 Å². The number of hydrogen-bond donors (Lipinski definition) is 0. The number of benzene rings is 2. The molecule has 3 rings (SSSR count). The Bertz CT molecular complexity index is 883. The first-order valence-electron chi connectivity index (χ1n) is 8.48. The monoisotopic (exact) mass is 383 g/mol. The zero-order valence-corrected chi connectivity index (χ0v) is 16.1. The summed E-state index contributed by atoms with van der Waals surface area (Å²) >= 11 is 1.59. The summed E-state index contributed by atoms with van der Waals surface area (Å²) in [5.41, 5.74) is 2.01. The topological polar surface area (TPSA) is 68.5 Å². The minimum absolute atomic E-state index is 0.0251. The van der Waals surface area contributed by atoms with Crippen molar-refractivity contribution in [1.82, 2.24) is 15.0 Å². The minimum Gasteiger partial charge on any atom is -0.497 e. The van der Waals surface area contributed by atoms with Gasteiger partial charge in [0.1, 0.15) is 5.75 Å². The van der Waals surface area contributed by atoms with Gasteiger partial charge >= 0.3 is 0 Å². The van der Waals surface area contributed by atoms with E-state index in [1.54, 1.807) is 30.8 Å². The van der Waals surface area contributed by atoms with Crippen LogP contribution in [0.15, 0.2) is 59.1 Å². The Morgan fingerprint density at radius 3 is 2.78 bits per heavy atom. The highest BCUT2D eigenvalue weighted by Gasteiger charge is 2.15. The molecular weight excluding hydrogens is 362 g/mol. The molecule has 6 nitrogen and oxygen atoms in total. The summed E-state index contributed by atoms with van der Waals surface area (Å²) in [6, 6.07) is 17.5. The molecule has 0 aliphatic rings. The summed E-state index contributed by atoms with van der Waals surface area (Å²) in [7, 11) is 3.35. The third-order valence-corrected chi connectivity index (χ3v) is 4.92. The minimum atomic E-state index is 0.0251. The SMILES string of the molecule is COc1cccc(-c2noc(CN(C)C(=O)CSCc3ccccc3)n2)c1. The summed E-state index contributed by atoms with van der Waals surface area (Å²) in [6.07, 6.45) is 0. The van der Waals surface area contributed by atoms with Crippen LogP contribution >= 0.6 is 11.8 Å². The Balaban J connectivity index is 1.52. The van der Waals surface area contributed by atoms with Gasteiger partial charge in [0.05, 0.1) is 19.4 Å². The van der Waals surface area contributed by atoms with Crippen LogP contribution in [-0.2, 0) is 17.1 Å². The van der Waals surface area contributed by atoms with Gasteiger partial charge in [-0.2, -0.15) is 4.98 Å². The molecule has 0 unspecified atom stereocenters. The van der Waals surface area contributed by atoms with E-state index in [4.69, 9.17) is 9.26 Å². The Labute approximate surface area is 162 Å². The van der Waals surface area contributed by atoms with E-state index < -0.39 is 0 Å². The van der Waals surface area contributed by atoms with Crippen molar-refractivity contribution in [3.63, 3.8) is 0 Å². The number of thioether (sulfide) groups is 1. The average molecular weight is 383 g/mol. The van der Waals surface area contributed by atoms with Crippen LogP contribution in [0.5, 0.6) is 5.75 Å². The van der Waals surface area contributed by atoms with E-state index in [9.17, 15) is 4.79 Å². The molecule has 0 aliphatic carbocycles. The van der Waals surface area contributed by atoms with Gasteiger partial charge in [0, 0.05) is 18.4 Å². The van der Waals surface area contributed by atoms with Crippen LogP contribution in [0.25, 0.3) is 11.4 Å². The number of nitrogens with zero attached hydrogens (tertiary/aromatic N) is 3. The normalized spacial score (nSPS) is 10.6. The number of rotatable bonds is 8. The molecule has 0 saturated carbocycles. The van der Waals surface area contributed by atoms with Gasteiger partial charge in [-0.1, -0.05) is 47.6 Å². The van der Waals surface area contributed by atoms with E-state index >= 15 is 0 Å². The highest BCUT2D eigenvalue weighted by molar-refractivity contribution is 7.99. The number of carbonyl (C=O) groups is 1. The molecule has 0 bridgehead atoms. The van der Waals surface area contributed by atoms with Gasteiger partial charge in [-0.05, 0) is 17.7 Å². The maximum Gasteiger partial charge on any atom is 0.246 e. The maximum atomic E-state index is 12.3. The van der Waals surface area contributed by atoms with Crippen molar-refractivity contribution in [2.24, 2.45) is 0 Å². The van der Waals surface area contributed by atoms with Crippen LogP contribution in [0.3, 0.4) is 0 Å². The van der Waals surface area contributed by atoms with E-state index in [2.05, 4.69) is 22.3 Å². The van der Waals surface area contributed by atoms with Crippen LogP contribution in [0, 0.1) is 0 Å². The predicted octanol–water partition coefficient (Wildman–Crippen LogP) is 3.64. The van der Waals surface area contributed by atoms with Crippen LogP contribution in [0.4, 0.5) is 0 Å². The number of ether oxygens (including phenoxy) is 1. The molecule has 27 heavy (non-hydrogen) atoms. The summed E-state index contributed by atoms with van der Waals surface area (Å²) in [5.74, 6) is 2.84. The first-order chi connectivity index (χ1) is 13.2. The summed E-state index contributed by atoms with van der Waals surface area (Å²) < 4.78 is 10.5. The van der Waals surface area contributed by atoms with Crippen LogP contribution < -0.4 is 4.74 Å². The Hall–Kier alpha value is -2.80. The Morgan fingerprint density at radius 2 is 2.00 bits per heavy atom. The molecule has 1 amide bonds. The first-order valence-corrected chi connectivity index (χ1v) is 9.64. The van der Waals surface area contributed by atoms with Crippen LogP contribution in [-0.4, -0.2) is 40.9 Å². The lowest BCUT2D eigenvalue weighted by atomic mass is 10.2. The van der Waals surface area contributed by atoms with E-state index in [1.165, 1.54) is 5.56 Å². The van der Waals surface area contributed by atoms with Crippen molar-refractivity contribution < 1.29 is 14.1 Å². The molecule has 3 aromatic rings. The number of hydrogen-bond acceptors (Lipinski definition) is 6. The van der Waals surface area contributed by atoms with E-state index in [-0.39, 0.29) is 12.5 Å². The highest BCUT2D eigenvalue weighted by Crippen LogP contribution is 2.21. The molecule has 1 heterocycles. The predicted molar refractivity (Wildman–Crippen MR) is 105 cm³/mol. The number of amides is 1. The molecule has 1 aromatic heterocycles. The first kappa shape index (κ1) is 19.0. The van der Waals surface area contributed by atoms with Crippen molar-refractivity contribution in [2.75, 3.05) is 19.9 Å². The molecule has 2 aromatic carbocycles. The van der Waals surface area contributed by atoms with Crippen LogP contribution in [0.1, 0.15) is 11.5 Å². The standard InChI is InChI=1S/C20H21N3O3S/c1-23(19(24)14-27-13-15-7-4-3-5-8-15)12-18-21-20(22-26-18)16-9-6-10-17(11-16)25-2/h3-11H,12-14H2,1-2H3. The molecule has 0 fully saturated rings. The Morgan fingerprint density at radius 1 is 1.19 bits per heavy atom. The smallest absolute Gasteiger partial charge is 0.246 e. The van der Waals surface area contributed by atoms with Crippen molar-refractivity contribution in [1.29, 1.82) is 0 Å². The van der Waals surface area contributed by atoms with Gasteiger partial charge in [0.25, 0.3) is 0 Å². The summed E-state index contributed by atoms with van der Waals surface area (Å²) in [4.78, 5) is 18.3. The zero-order chi connectivity index (χ0) is 19.1. The van der Waals surface area contributed by atoms with Gasteiger partial charge < -0.3 is 14.2 Å². The second-order valence-electron chi connectivity index (χ2n) is 5.97. The zero-order valence-electron chi connectivity index (χ0n) is 15.3. The largest absolute Gasteiger partial charge is 0.497 e. The number of aromatic nitrogens is 2. The lowest BCUT2D eigenvalue weighted by molar-refractivity contribution is -0.127. The van der Waals surface area contributed by atoms with Crippen molar-refractivity contribution in [3.8, 4) is 17.1 Å². The average Bonchev–Trinajstić information content (AvgIpc) is 3.17. The molecule has 0 atom stereocenters. The van der Waals surface area contributed by atoms with E-state index in [1.807, 2.05) is 42.5 Å². The highest BCUT2D eigenvalue weighted by atomic mass is 32.2. The summed E-state index contributed by atoms with van der Waals surface area (Å²) in [5, 5.41) is 3.99. The van der Waals surface area contributed by atoms with Crippen molar-refractivity contribution in [3.05, 3.63) is 66.1 Å². The molecule has 7 heteroatoms. The van der Waals surface area contributed by atoms with E-state index in [0.717, 1.165) is 17.1 Å². The quantitative estimate of drug-likeness (QED) is 0.592. The lowest BCUT2D eigenvalue weighted by Crippen LogP contribution is -2.28. The lowest BCUT2D eigenvalue weighted by Gasteiger charge is -2.14. The molecule has 0 aliphatic heterocycles. The fourth-order valence-electron chi connectivity index (χ4n) is 2.43. The molecule has 0 N–H and O–H groups in total. The third-order valence-electron chi connectivity index (χ3n) is 3.93. The fourth-order valence-corrected chi connectivity index (χ4v) is 3.36. The molecule has 0 spiro atoms. The van der Waals surface area contributed by atoms with Gasteiger partial charge in [0.2, 0.25) is 17.6 Å². The Kier molecular flexibility index (Phi) is 6.49. The van der Waals surface area contributed by atoms with Gasteiger partial charge in [-0.25, -0.2) is 0 Å². The second kappa shape index (κ2) is 9.23. The van der Waals surface area contributed by atoms with Crippen molar-refractivity contribution >= 4 is 17.7 Å². The number of methoxy groups -OCH3 is 1. The van der Waals surface area contributed by atoms with Crippen LogP contribution in [0.2, 0.25) is 0 Å². The molecular formula is C20H21N3O3S. The van der Waals surface area contributed by atoms with Gasteiger partial charge in [-0.3, -0.25) is 4.79 Å². The molecule has 140 valence electrons. The van der Waals surface area contributed by atoms with Gasteiger partial charge in [0.15, 0.2) is 0 Å². The fraction of sp³-hybridized carbons (Fsp3) is 0.250. The van der Waals surface area contributed by atoms with E-state index in [0.29, 0.717) is 17.5 Å². The van der Waals surface area contributed by atoms with Crippen molar-refractivity contribution in [2.45, 2.75) is 12.3 Å².